The third-order valence-corrected chi connectivity index (χ3v) is 5.81. The molecule has 1 rings (SSSR count). The van der Waals surface area contributed by atoms with Crippen molar-refractivity contribution in [2.75, 3.05) is 19.8 Å². The van der Waals surface area contributed by atoms with E-state index in [0.717, 1.165) is 0 Å². The van der Waals surface area contributed by atoms with Crippen LogP contribution in [0.4, 0.5) is 4.39 Å². The van der Waals surface area contributed by atoms with Gasteiger partial charge < -0.3 is 13.3 Å². The van der Waals surface area contributed by atoms with Crippen LogP contribution in [0.25, 0.3) is 0 Å². The Balaban J connectivity index is 3.25. The van der Waals surface area contributed by atoms with E-state index in [2.05, 4.69) is 0 Å². The zero-order chi connectivity index (χ0) is 13.6. The average molecular weight is 272 g/mol. The fourth-order valence-corrected chi connectivity index (χ4v) is 4.60. The van der Waals surface area contributed by atoms with Crippen molar-refractivity contribution in [2.45, 2.75) is 27.7 Å². The molecule has 18 heavy (non-hydrogen) atoms. The van der Waals surface area contributed by atoms with Crippen LogP contribution in [0.15, 0.2) is 18.2 Å². The summed E-state index contributed by atoms with van der Waals surface area (Å²) >= 11 is 0. The van der Waals surface area contributed by atoms with E-state index in [1.165, 1.54) is 6.07 Å². The van der Waals surface area contributed by atoms with E-state index in [-0.39, 0.29) is 5.82 Å². The van der Waals surface area contributed by atoms with Gasteiger partial charge in [0.1, 0.15) is 5.82 Å². The predicted octanol–water partition coefficient (Wildman–Crippen LogP) is 2.39. The molecule has 0 atom stereocenters. The molecule has 0 aliphatic rings. The molecule has 3 nitrogen and oxygen atoms in total. The number of benzene rings is 1. The van der Waals surface area contributed by atoms with Crippen LogP contribution in [-0.4, -0.2) is 28.6 Å². The van der Waals surface area contributed by atoms with Gasteiger partial charge in [-0.05, 0) is 39.3 Å². The van der Waals surface area contributed by atoms with Gasteiger partial charge in [-0.3, -0.25) is 0 Å². The van der Waals surface area contributed by atoms with Crippen LogP contribution in [0.2, 0.25) is 0 Å². The highest BCUT2D eigenvalue weighted by molar-refractivity contribution is 6.75. The van der Waals surface area contributed by atoms with Gasteiger partial charge in [0.15, 0.2) is 0 Å². The molecule has 0 radical (unpaired) electrons. The summed E-state index contributed by atoms with van der Waals surface area (Å²) in [7, 11) is -2.99. The van der Waals surface area contributed by atoms with Crippen molar-refractivity contribution in [1.82, 2.24) is 0 Å². The van der Waals surface area contributed by atoms with Crippen molar-refractivity contribution >= 4 is 14.0 Å². The van der Waals surface area contributed by atoms with Gasteiger partial charge in [-0.25, -0.2) is 4.39 Å². The quantitative estimate of drug-likeness (QED) is 0.713. The predicted molar refractivity (Wildman–Crippen MR) is 71.4 cm³/mol. The third-order valence-electron chi connectivity index (χ3n) is 2.60. The molecule has 0 saturated carbocycles. The Morgan fingerprint density at radius 3 is 1.94 bits per heavy atom. The molecule has 0 bridgehead atoms. The Labute approximate surface area is 109 Å². The number of rotatable bonds is 7. The van der Waals surface area contributed by atoms with E-state index in [9.17, 15) is 4.39 Å². The molecule has 1 aromatic rings. The zero-order valence-corrected chi connectivity index (χ0v) is 12.5. The highest BCUT2D eigenvalue weighted by atomic mass is 28.4. The van der Waals surface area contributed by atoms with Crippen LogP contribution in [0.1, 0.15) is 26.3 Å². The molecule has 0 aliphatic heterocycles. The molecule has 0 saturated heterocycles. The Morgan fingerprint density at radius 2 is 1.50 bits per heavy atom. The molecule has 0 aliphatic carbocycles. The van der Waals surface area contributed by atoms with Crippen molar-refractivity contribution in [3.05, 3.63) is 29.6 Å². The third kappa shape index (κ3) is 3.17. The fourth-order valence-electron chi connectivity index (χ4n) is 1.87. The van der Waals surface area contributed by atoms with Gasteiger partial charge in [0.25, 0.3) is 0 Å². The van der Waals surface area contributed by atoms with Gasteiger partial charge >= 0.3 is 8.80 Å². The molecular formula is C13H21FO3Si. The van der Waals surface area contributed by atoms with E-state index in [0.29, 0.717) is 30.6 Å². The molecule has 5 heteroatoms. The maximum absolute atomic E-state index is 13.7. The van der Waals surface area contributed by atoms with Gasteiger partial charge in [-0.2, -0.15) is 0 Å². The van der Waals surface area contributed by atoms with E-state index in [1.807, 2.05) is 26.8 Å². The van der Waals surface area contributed by atoms with Crippen molar-refractivity contribution in [1.29, 1.82) is 0 Å². The molecule has 0 spiro atoms. The van der Waals surface area contributed by atoms with Crippen molar-refractivity contribution < 1.29 is 17.7 Å². The second-order valence-electron chi connectivity index (χ2n) is 3.77. The van der Waals surface area contributed by atoms with E-state index >= 15 is 0 Å². The van der Waals surface area contributed by atoms with Gasteiger partial charge in [0.05, 0.1) is 0 Å². The Bertz CT molecular complexity index is 367. The minimum atomic E-state index is -2.99. The van der Waals surface area contributed by atoms with Crippen molar-refractivity contribution in [3.8, 4) is 0 Å². The Kier molecular flexibility index (Phi) is 5.94. The van der Waals surface area contributed by atoms with E-state index in [1.54, 1.807) is 13.0 Å². The van der Waals surface area contributed by atoms with Crippen LogP contribution in [0.5, 0.6) is 0 Å². The normalized spacial score (nSPS) is 11.8. The minimum absolute atomic E-state index is 0.261. The maximum atomic E-state index is 13.7. The largest absolute Gasteiger partial charge is 0.537 e. The maximum Gasteiger partial charge on any atom is 0.537 e. The minimum Gasteiger partial charge on any atom is -0.370 e. The molecule has 0 heterocycles. The fraction of sp³-hybridized carbons (Fsp3) is 0.538. The molecule has 0 amide bonds. The molecule has 0 aromatic heterocycles. The van der Waals surface area contributed by atoms with Crippen LogP contribution in [0, 0.1) is 12.7 Å². The van der Waals surface area contributed by atoms with Crippen LogP contribution in [-0.2, 0) is 13.3 Å². The average Bonchev–Trinajstić information content (AvgIpc) is 2.33. The summed E-state index contributed by atoms with van der Waals surface area (Å²) in [6, 6.07) is 4.92. The highest BCUT2D eigenvalue weighted by Crippen LogP contribution is 2.15. The first-order valence-electron chi connectivity index (χ1n) is 6.28. The number of hydrogen-bond acceptors (Lipinski definition) is 3. The van der Waals surface area contributed by atoms with E-state index in [4.69, 9.17) is 13.3 Å². The first kappa shape index (κ1) is 15.3. The molecule has 0 fully saturated rings. The lowest BCUT2D eigenvalue weighted by atomic mass is 10.2. The van der Waals surface area contributed by atoms with Gasteiger partial charge in [0, 0.05) is 25.0 Å². The first-order valence-corrected chi connectivity index (χ1v) is 8.01. The Morgan fingerprint density at radius 1 is 1.00 bits per heavy atom. The Hall–Kier alpha value is -0.753. The summed E-state index contributed by atoms with van der Waals surface area (Å²) in [4.78, 5) is 0. The number of halogens is 1. The van der Waals surface area contributed by atoms with Gasteiger partial charge in [0.2, 0.25) is 0 Å². The first-order chi connectivity index (χ1) is 8.61. The van der Waals surface area contributed by atoms with Crippen molar-refractivity contribution in [3.63, 3.8) is 0 Å². The molecule has 0 unspecified atom stereocenters. The molecule has 102 valence electrons. The summed E-state index contributed by atoms with van der Waals surface area (Å²) in [6.45, 7) is 8.80. The van der Waals surface area contributed by atoms with Crippen molar-refractivity contribution in [2.24, 2.45) is 0 Å². The highest BCUT2D eigenvalue weighted by Gasteiger charge is 2.44. The van der Waals surface area contributed by atoms with Crippen LogP contribution < -0.4 is 5.19 Å². The summed E-state index contributed by atoms with van der Waals surface area (Å²) in [5.74, 6) is -0.261. The standard InChI is InChI=1S/C13H21FO3Si/c1-5-15-18(16-6-2,17-7-3)13-10-8-9-12(14)11(13)4/h8-10H,5-7H2,1-4H3. The van der Waals surface area contributed by atoms with Crippen LogP contribution >= 0.6 is 0 Å². The zero-order valence-electron chi connectivity index (χ0n) is 11.5. The lowest BCUT2D eigenvalue weighted by Crippen LogP contribution is -2.58. The molecule has 1 aromatic carbocycles. The SMILES string of the molecule is CCO[Si](OCC)(OCC)c1cccc(F)c1C. The molecule has 0 N–H and O–H groups in total. The molecular weight excluding hydrogens is 251 g/mol. The van der Waals surface area contributed by atoms with Gasteiger partial charge in [-0.1, -0.05) is 12.1 Å². The monoisotopic (exact) mass is 272 g/mol. The lowest BCUT2D eigenvalue weighted by molar-refractivity contribution is 0.0857. The number of hydrogen-bond donors (Lipinski definition) is 0. The van der Waals surface area contributed by atoms with Gasteiger partial charge in [-0.15, -0.1) is 0 Å². The smallest absolute Gasteiger partial charge is 0.370 e. The van der Waals surface area contributed by atoms with Crippen LogP contribution in [0.3, 0.4) is 0 Å². The summed E-state index contributed by atoms with van der Waals surface area (Å²) in [6.07, 6.45) is 0. The second kappa shape index (κ2) is 6.99. The summed E-state index contributed by atoms with van der Waals surface area (Å²) in [5.41, 5.74) is 0.541. The van der Waals surface area contributed by atoms with E-state index < -0.39 is 8.80 Å². The second-order valence-corrected chi connectivity index (χ2v) is 6.28. The summed E-state index contributed by atoms with van der Waals surface area (Å²) < 4.78 is 31.0. The lowest BCUT2D eigenvalue weighted by Gasteiger charge is -2.29. The summed E-state index contributed by atoms with van der Waals surface area (Å²) in [5, 5.41) is 0.716. The topological polar surface area (TPSA) is 27.7 Å².